The van der Waals surface area contributed by atoms with E-state index in [0.29, 0.717) is 18.8 Å². The summed E-state index contributed by atoms with van der Waals surface area (Å²) in [6.07, 6.45) is 5.08. The van der Waals surface area contributed by atoms with E-state index in [2.05, 4.69) is 6.58 Å². The van der Waals surface area contributed by atoms with Crippen molar-refractivity contribution in [1.82, 2.24) is 14.4 Å². The lowest BCUT2D eigenvalue weighted by molar-refractivity contribution is -0.140. The molecule has 140 valence electrons. The van der Waals surface area contributed by atoms with E-state index in [1.54, 1.807) is 30.2 Å². The fourth-order valence-corrected chi connectivity index (χ4v) is 2.72. The van der Waals surface area contributed by atoms with E-state index in [-0.39, 0.29) is 24.9 Å². The van der Waals surface area contributed by atoms with Gasteiger partial charge in [-0.1, -0.05) is 6.08 Å². The van der Waals surface area contributed by atoms with Crippen molar-refractivity contribution in [2.24, 2.45) is 7.05 Å². The van der Waals surface area contributed by atoms with Crippen LogP contribution in [0.1, 0.15) is 18.4 Å². The maximum Gasteiger partial charge on any atom is 0.242 e. The first kappa shape index (κ1) is 19.8. The largest absolute Gasteiger partial charge is 0.467 e. The van der Waals surface area contributed by atoms with Gasteiger partial charge < -0.3 is 18.8 Å². The van der Waals surface area contributed by atoms with Gasteiger partial charge in [0.1, 0.15) is 17.7 Å². The highest BCUT2D eigenvalue weighted by molar-refractivity contribution is 6.30. The number of nitrogens with zero attached hydrogens (tertiary/aromatic N) is 3. The van der Waals surface area contributed by atoms with Crippen LogP contribution in [-0.2, 0) is 29.7 Å². The summed E-state index contributed by atoms with van der Waals surface area (Å²) in [4.78, 5) is 28.2. The van der Waals surface area contributed by atoms with Crippen LogP contribution in [0.3, 0.4) is 0 Å². The molecule has 6 nitrogen and oxygen atoms in total. The zero-order valence-electron chi connectivity index (χ0n) is 15.1. The highest BCUT2D eigenvalue weighted by Gasteiger charge is 2.24. The van der Waals surface area contributed by atoms with Crippen molar-refractivity contribution in [2.45, 2.75) is 25.4 Å². The minimum absolute atomic E-state index is 0.0625. The fourth-order valence-electron chi connectivity index (χ4n) is 2.58. The van der Waals surface area contributed by atoms with Gasteiger partial charge in [-0.05, 0) is 31.2 Å². The molecule has 0 spiro atoms. The van der Waals surface area contributed by atoms with Gasteiger partial charge in [-0.25, -0.2) is 0 Å². The lowest BCUT2D eigenvalue weighted by atomic mass is 10.3. The Balaban J connectivity index is 2.16. The predicted octanol–water partition coefficient (Wildman–Crippen LogP) is 2.79. The lowest BCUT2D eigenvalue weighted by Gasteiger charge is -2.27. The van der Waals surface area contributed by atoms with Crippen molar-refractivity contribution in [3.8, 4) is 0 Å². The molecule has 2 rings (SSSR count). The molecule has 2 aromatic rings. The molecule has 0 aromatic carbocycles. The molecule has 0 aliphatic heterocycles. The molecule has 2 heterocycles. The summed E-state index contributed by atoms with van der Waals surface area (Å²) >= 11 is 5.90. The molecule has 0 bridgehead atoms. The number of carbonyl (C=O) groups excluding carboxylic acids is 2. The summed E-state index contributed by atoms with van der Waals surface area (Å²) in [5.41, 5.74) is 0.984. The Hall–Kier alpha value is -2.47. The standard InChI is InChI=1S/C19H24ClN3O3/c1-4-9-22(19(25)15(2)20)14-18(24)23(13-17-8-6-11-26-17)12-16-7-5-10-21(16)3/h4-8,10-11,15H,1,9,12-14H2,2-3H3. The Bertz CT molecular complexity index is 737. The first-order chi connectivity index (χ1) is 12.4. The Morgan fingerprint density at radius 1 is 1.31 bits per heavy atom. The second-order valence-electron chi connectivity index (χ2n) is 6.06. The predicted molar refractivity (Wildman–Crippen MR) is 100 cm³/mol. The molecule has 0 radical (unpaired) electrons. The third-order valence-corrected chi connectivity index (χ3v) is 4.20. The zero-order chi connectivity index (χ0) is 19.1. The summed E-state index contributed by atoms with van der Waals surface area (Å²) in [5, 5.41) is -0.700. The Morgan fingerprint density at radius 2 is 2.08 bits per heavy atom. The van der Waals surface area contributed by atoms with E-state index in [0.717, 1.165) is 5.69 Å². The maximum atomic E-state index is 12.9. The third-order valence-electron chi connectivity index (χ3n) is 4.01. The van der Waals surface area contributed by atoms with Gasteiger partial charge in [0.2, 0.25) is 11.8 Å². The Kier molecular flexibility index (Phi) is 7.09. The number of alkyl halides is 1. The van der Waals surface area contributed by atoms with Gasteiger partial charge in [-0.15, -0.1) is 18.2 Å². The number of aryl methyl sites for hydroxylation is 1. The van der Waals surface area contributed by atoms with Gasteiger partial charge in [0.15, 0.2) is 0 Å². The van der Waals surface area contributed by atoms with Crippen LogP contribution in [0.25, 0.3) is 0 Å². The monoisotopic (exact) mass is 377 g/mol. The summed E-state index contributed by atoms with van der Waals surface area (Å²) in [7, 11) is 1.92. The van der Waals surface area contributed by atoms with Gasteiger partial charge in [-0.2, -0.15) is 0 Å². The van der Waals surface area contributed by atoms with Crippen molar-refractivity contribution in [3.63, 3.8) is 0 Å². The molecule has 0 fully saturated rings. The van der Waals surface area contributed by atoms with Crippen LogP contribution in [-0.4, -0.2) is 44.6 Å². The number of halogens is 1. The topological polar surface area (TPSA) is 58.7 Å². The molecular weight excluding hydrogens is 354 g/mol. The molecule has 0 aliphatic rings. The molecule has 0 aliphatic carbocycles. The first-order valence-electron chi connectivity index (χ1n) is 8.36. The lowest BCUT2D eigenvalue weighted by Crippen LogP contribution is -2.44. The summed E-state index contributed by atoms with van der Waals surface area (Å²) in [5.74, 6) is 0.201. The zero-order valence-corrected chi connectivity index (χ0v) is 15.9. The highest BCUT2D eigenvalue weighted by Crippen LogP contribution is 2.12. The molecule has 7 heteroatoms. The molecule has 0 saturated heterocycles. The number of aromatic nitrogens is 1. The van der Waals surface area contributed by atoms with Gasteiger partial charge in [-0.3, -0.25) is 9.59 Å². The van der Waals surface area contributed by atoms with Crippen LogP contribution in [0.15, 0.2) is 53.8 Å². The van der Waals surface area contributed by atoms with Crippen LogP contribution in [0.4, 0.5) is 0 Å². The van der Waals surface area contributed by atoms with E-state index >= 15 is 0 Å². The maximum absolute atomic E-state index is 12.9. The van der Waals surface area contributed by atoms with E-state index in [1.807, 2.05) is 36.0 Å². The van der Waals surface area contributed by atoms with Gasteiger partial charge in [0.25, 0.3) is 0 Å². The van der Waals surface area contributed by atoms with E-state index < -0.39 is 5.38 Å². The number of amides is 2. The number of hydrogen-bond acceptors (Lipinski definition) is 3. The molecule has 2 amide bonds. The number of furan rings is 1. The highest BCUT2D eigenvalue weighted by atomic mass is 35.5. The van der Waals surface area contributed by atoms with Gasteiger partial charge in [0.05, 0.1) is 19.4 Å². The third kappa shape index (κ3) is 5.26. The van der Waals surface area contributed by atoms with Crippen LogP contribution in [0.2, 0.25) is 0 Å². The summed E-state index contributed by atoms with van der Waals surface area (Å²) < 4.78 is 7.34. The molecule has 1 atom stereocenters. The van der Waals surface area contributed by atoms with Crippen LogP contribution in [0.5, 0.6) is 0 Å². The van der Waals surface area contributed by atoms with E-state index in [1.165, 1.54) is 4.90 Å². The van der Waals surface area contributed by atoms with Crippen LogP contribution < -0.4 is 0 Å². The minimum atomic E-state index is -0.700. The molecule has 26 heavy (non-hydrogen) atoms. The van der Waals surface area contributed by atoms with Crippen molar-refractivity contribution in [2.75, 3.05) is 13.1 Å². The smallest absolute Gasteiger partial charge is 0.242 e. The first-order valence-corrected chi connectivity index (χ1v) is 8.80. The number of hydrogen-bond donors (Lipinski definition) is 0. The second kappa shape index (κ2) is 9.29. The minimum Gasteiger partial charge on any atom is -0.467 e. The molecule has 0 saturated carbocycles. The molecule has 0 N–H and O–H groups in total. The summed E-state index contributed by atoms with van der Waals surface area (Å²) in [6, 6.07) is 7.48. The fraction of sp³-hybridized carbons (Fsp3) is 0.368. The Labute approximate surface area is 158 Å². The average Bonchev–Trinajstić information content (AvgIpc) is 3.25. The Morgan fingerprint density at radius 3 is 2.62 bits per heavy atom. The van der Waals surface area contributed by atoms with Gasteiger partial charge in [0, 0.05) is 25.5 Å². The van der Waals surface area contributed by atoms with Crippen molar-refractivity contribution >= 4 is 23.4 Å². The van der Waals surface area contributed by atoms with Crippen molar-refractivity contribution in [3.05, 3.63) is 60.8 Å². The SMILES string of the molecule is C=CCN(CC(=O)N(Cc1ccco1)Cc1cccn1C)C(=O)C(C)Cl. The van der Waals surface area contributed by atoms with Crippen molar-refractivity contribution < 1.29 is 14.0 Å². The molecule has 2 aromatic heterocycles. The quantitative estimate of drug-likeness (QED) is 0.498. The van der Waals surface area contributed by atoms with Gasteiger partial charge >= 0.3 is 0 Å². The number of carbonyl (C=O) groups is 2. The average molecular weight is 378 g/mol. The molecular formula is C19H24ClN3O3. The van der Waals surface area contributed by atoms with E-state index in [4.69, 9.17) is 16.0 Å². The summed E-state index contributed by atoms with van der Waals surface area (Å²) in [6.45, 7) is 6.18. The second-order valence-corrected chi connectivity index (χ2v) is 6.72. The van der Waals surface area contributed by atoms with E-state index in [9.17, 15) is 9.59 Å². The van der Waals surface area contributed by atoms with Crippen molar-refractivity contribution in [1.29, 1.82) is 0 Å². The molecule has 1 unspecified atom stereocenters. The number of rotatable bonds is 9. The normalized spacial score (nSPS) is 11.8. The van der Waals surface area contributed by atoms with Crippen LogP contribution >= 0.6 is 11.6 Å². The van der Waals surface area contributed by atoms with Crippen LogP contribution in [0, 0.1) is 0 Å².